The van der Waals surface area contributed by atoms with Crippen LogP contribution >= 0.6 is 0 Å². The van der Waals surface area contributed by atoms with Gasteiger partial charge in [-0.25, -0.2) is 4.98 Å². The van der Waals surface area contributed by atoms with Crippen LogP contribution in [0.5, 0.6) is 0 Å². The van der Waals surface area contributed by atoms with Crippen LogP contribution in [-0.2, 0) is 0 Å². The summed E-state index contributed by atoms with van der Waals surface area (Å²) in [5.74, 6) is 0. The zero-order valence-corrected chi connectivity index (χ0v) is 23.6. The third-order valence-corrected chi connectivity index (χ3v) is 9.14. The van der Waals surface area contributed by atoms with Gasteiger partial charge in [0, 0.05) is 45.2 Å². The second-order valence-corrected chi connectivity index (χ2v) is 11.5. The van der Waals surface area contributed by atoms with E-state index in [-0.39, 0.29) is 0 Å². The molecule has 204 valence electrons. The van der Waals surface area contributed by atoms with Crippen LogP contribution in [0, 0.1) is 0 Å². The number of nitrogens with zero attached hydrogens (tertiary/aromatic N) is 4. The standard InChI is InChI=1S/C40H24N4/c1-2-10-28-25(9-1)16-19-32-38(28)33-23-26(17-18-31(33)40-39(32)42-37-15-7-8-22-43(37)40)34-24-27(20-21-41-34)44-35-13-5-3-11-29(35)30-12-4-6-14-36(30)44/h1-24H. The van der Waals surface area contributed by atoms with Crippen LogP contribution in [0.15, 0.2) is 146 Å². The normalized spacial score (nSPS) is 12.1. The van der Waals surface area contributed by atoms with Gasteiger partial charge < -0.3 is 4.57 Å². The van der Waals surface area contributed by atoms with E-state index in [0.29, 0.717) is 0 Å². The molecule has 0 amide bonds. The molecular weight excluding hydrogens is 536 g/mol. The molecule has 4 heteroatoms. The Kier molecular flexibility index (Phi) is 4.69. The van der Waals surface area contributed by atoms with E-state index in [1.54, 1.807) is 0 Å². The molecule has 10 aromatic rings. The molecule has 10 rings (SSSR count). The van der Waals surface area contributed by atoms with Gasteiger partial charge in [-0.2, -0.15) is 0 Å². The van der Waals surface area contributed by atoms with Crippen molar-refractivity contribution in [2.75, 3.05) is 0 Å². The van der Waals surface area contributed by atoms with Gasteiger partial charge in [0.05, 0.1) is 27.8 Å². The smallest absolute Gasteiger partial charge is 0.137 e. The summed E-state index contributed by atoms with van der Waals surface area (Å²) in [5, 5.41) is 9.75. The average molecular weight is 561 g/mol. The van der Waals surface area contributed by atoms with E-state index in [0.717, 1.165) is 33.6 Å². The minimum Gasteiger partial charge on any atom is -0.309 e. The van der Waals surface area contributed by atoms with Gasteiger partial charge in [-0.15, -0.1) is 0 Å². The van der Waals surface area contributed by atoms with Crippen LogP contribution in [0.4, 0.5) is 0 Å². The Labute approximate surface area is 252 Å². The van der Waals surface area contributed by atoms with Crippen LogP contribution in [0.1, 0.15) is 0 Å². The topological polar surface area (TPSA) is 35.1 Å². The molecule has 0 bridgehead atoms. The van der Waals surface area contributed by atoms with E-state index in [1.165, 1.54) is 54.1 Å². The molecule has 6 aromatic carbocycles. The Bertz CT molecular complexity index is 2730. The van der Waals surface area contributed by atoms with Crippen LogP contribution in [-0.4, -0.2) is 18.9 Å². The highest BCUT2D eigenvalue weighted by Gasteiger charge is 2.18. The maximum atomic E-state index is 5.12. The predicted octanol–water partition coefficient (Wildman–Crippen LogP) is 10.1. The van der Waals surface area contributed by atoms with Gasteiger partial charge >= 0.3 is 0 Å². The Morgan fingerprint density at radius 3 is 2.09 bits per heavy atom. The lowest BCUT2D eigenvalue weighted by Gasteiger charge is -2.13. The van der Waals surface area contributed by atoms with Crippen molar-refractivity contribution in [1.29, 1.82) is 0 Å². The van der Waals surface area contributed by atoms with Gasteiger partial charge in [0.25, 0.3) is 0 Å². The van der Waals surface area contributed by atoms with E-state index in [9.17, 15) is 0 Å². The molecule has 0 radical (unpaired) electrons. The summed E-state index contributed by atoms with van der Waals surface area (Å²) in [4.78, 5) is 10.0. The predicted molar refractivity (Wildman–Crippen MR) is 183 cm³/mol. The largest absolute Gasteiger partial charge is 0.309 e. The lowest BCUT2D eigenvalue weighted by atomic mass is 9.93. The summed E-state index contributed by atoms with van der Waals surface area (Å²) in [5.41, 5.74) is 8.63. The molecule has 0 saturated heterocycles. The number of pyridine rings is 2. The summed E-state index contributed by atoms with van der Waals surface area (Å²) < 4.78 is 4.56. The molecule has 0 N–H and O–H groups in total. The van der Waals surface area contributed by atoms with Gasteiger partial charge in [0.1, 0.15) is 5.65 Å². The second kappa shape index (κ2) is 8.76. The lowest BCUT2D eigenvalue weighted by Crippen LogP contribution is -1.95. The SMILES string of the molecule is c1ccc2c(c1)ccc1c3nc4ccccn4c3c3ccc(-c4cc(-n5c6ccccc6c6ccccc65)ccn4)cc3c21. The van der Waals surface area contributed by atoms with Crippen molar-refractivity contribution in [2.24, 2.45) is 0 Å². The van der Waals surface area contributed by atoms with Crippen molar-refractivity contribution in [3.8, 4) is 16.9 Å². The number of imidazole rings is 1. The molecule has 0 atom stereocenters. The van der Waals surface area contributed by atoms with E-state index in [2.05, 4.69) is 149 Å². The summed E-state index contributed by atoms with van der Waals surface area (Å²) in [6.07, 6.45) is 4.04. The van der Waals surface area contributed by atoms with Crippen molar-refractivity contribution in [1.82, 2.24) is 18.9 Å². The minimum atomic E-state index is 0.942. The van der Waals surface area contributed by atoms with Crippen LogP contribution < -0.4 is 0 Å². The van der Waals surface area contributed by atoms with Crippen LogP contribution in [0.25, 0.3) is 87.7 Å². The highest BCUT2D eigenvalue weighted by Crippen LogP contribution is 2.41. The van der Waals surface area contributed by atoms with Crippen LogP contribution in [0.3, 0.4) is 0 Å². The number of aromatic nitrogens is 4. The monoisotopic (exact) mass is 560 g/mol. The highest BCUT2D eigenvalue weighted by molar-refractivity contribution is 6.30. The molecule has 4 aromatic heterocycles. The number of hydrogen-bond acceptors (Lipinski definition) is 2. The Balaban J connectivity index is 1.28. The number of fused-ring (bicyclic) bond motifs is 13. The molecule has 4 heterocycles. The maximum Gasteiger partial charge on any atom is 0.137 e. The van der Waals surface area contributed by atoms with Crippen molar-refractivity contribution >= 4 is 70.8 Å². The average Bonchev–Trinajstić information content (AvgIpc) is 3.65. The first kappa shape index (κ1) is 23.6. The third kappa shape index (κ3) is 3.17. The van der Waals surface area contributed by atoms with Gasteiger partial charge in [0.15, 0.2) is 0 Å². The number of rotatable bonds is 2. The molecule has 0 spiro atoms. The van der Waals surface area contributed by atoms with Crippen molar-refractivity contribution in [2.45, 2.75) is 0 Å². The lowest BCUT2D eigenvalue weighted by molar-refractivity contribution is 1.16. The van der Waals surface area contributed by atoms with E-state index >= 15 is 0 Å². The fourth-order valence-electron chi connectivity index (χ4n) is 7.23. The maximum absolute atomic E-state index is 5.12. The first-order valence-electron chi connectivity index (χ1n) is 14.9. The molecule has 0 aliphatic carbocycles. The Morgan fingerprint density at radius 2 is 1.25 bits per heavy atom. The van der Waals surface area contributed by atoms with E-state index < -0.39 is 0 Å². The quantitative estimate of drug-likeness (QED) is 0.197. The zero-order chi connectivity index (χ0) is 28.8. The first-order chi connectivity index (χ1) is 21.8. The minimum absolute atomic E-state index is 0.942. The van der Waals surface area contributed by atoms with E-state index in [1.807, 2.05) is 6.20 Å². The summed E-state index contributed by atoms with van der Waals surface area (Å²) in [6, 6.07) is 47.7. The van der Waals surface area contributed by atoms with Crippen molar-refractivity contribution < 1.29 is 0 Å². The Morgan fingerprint density at radius 1 is 0.523 bits per heavy atom. The fraction of sp³-hybridized carbons (Fsp3) is 0. The van der Waals surface area contributed by atoms with Gasteiger partial charge in [0.2, 0.25) is 0 Å². The number of hydrogen-bond donors (Lipinski definition) is 0. The highest BCUT2D eigenvalue weighted by atomic mass is 15.0. The summed E-state index contributed by atoms with van der Waals surface area (Å²) >= 11 is 0. The zero-order valence-electron chi connectivity index (χ0n) is 23.6. The molecule has 0 fully saturated rings. The molecule has 0 aliphatic heterocycles. The number of benzene rings is 6. The molecule has 0 unspecified atom stereocenters. The van der Waals surface area contributed by atoms with Crippen LogP contribution in [0.2, 0.25) is 0 Å². The summed E-state index contributed by atoms with van der Waals surface area (Å²) in [7, 11) is 0. The fourth-order valence-corrected chi connectivity index (χ4v) is 7.23. The van der Waals surface area contributed by atoms with Crippen molar-refractivity contribution in [3.63, 3.8) is 0 Å². The second-order valence-electron chi connectivity index (χ2n) is 11.5. The van der Waals surface area contributed by atoms with Gasteiger partial charge in [-0.1, -0.05) is 91.0 Å². The first-order valence-corrected chi connectivity index (χ1v) is 14.9. The molecule has 0 aliphatic rings. The van der Waals surface area contributed by atoms with Gasteiger partial charge in [-0.05, 0) is 64.0 Å². The molecule has 0 saturated carbocycles. The van der Waals surface area contributed by atoms with E-state index in [4.69, 9.17) is 9.97 Å². The van der Waals surface area contributed by atoms with Gasteiger partial charge in [-0.3, -0.25) is 9.38 Å². The third-order valence-electron chi connectivity index (χ3n) is 9.14. The molecule has 44 heavy (non-hydrogen) atoms. The summed E-state index contributed by atoms with van der Waals surface area (Å²) in [6.45, 7) is 0. The Hall–Kier alpha value is -6.00. The van der Waals surface area contributed by atoms with Crippen molar-refractivity contribution in [3.05, 3.63) is 146 Å². The molecular formula is C40H24N4. The number of para-hydroxylation sites is 2. The molecule has 4 nitrogen and oxygen atoms in total.